The van der Waals surface area contributed by atoms with Crippen LogP contribution in [0.15, 0.2) is 91.0 Å². The Balaban J connectivity index is 1.86. The first-order valence-electron chi connectivity index (χ1n) is 9.35. The van der Waals surface area contributed by atoms with Gasteiger partial charge >= 0.3 is 0 Å². The molecule has 0 aromatic heterocycles. The van der Waals surface area contributed by atoms with Crippen LogP contribution in [0.25, 0.3) is 11.1 Å². The zero-order valence-corrected chi connectivity index (χ0v) is 15.0. The van der Waals surface area contributed by atoms with Gasteiger partial charge in [0.2, 0.25) is 0 Å². The van der Waals surface area contributed by atoms with Crippen LogP contribution in [0.1, 0.15) is 27.8 Å². The van der Waals surface area contributed by atoms with E-state index in [1.165, 1.54) is 22.3 Å². The summed E-state index contributed by atoms with van der Waals surface area (Å²) in [6.07, 6.45) is 0. The normalized spacial score (nSPS) is 14.2. The molecule has 28 heavy (non-hydrogen) atoms. The molecule has 4 aromatic rings. The van der Waals surface area contributed by atoms with Crippen LogP contribution in [0, 0.1) is 11.3 Å². The lowest BCUT2D eigenvalue weighted by Gasteiger charge is -2.39. The van der Waals surface area contributed by atoms with E-state index in [4.69, 9.17) is 4.74 Å². The maximum atomic E-state index is 9.57. The molecular weight excluding hydrogens is 342 g/mol. The van der Waals surface area contributed by atoms with Gasteiger partial charge in [-0.2, -0.15) is 5.26 Å². The summed E-state index contributed by atoms with van der Waals surface area (Å²) in [5.41, 5.74) is 7.27. The largest absolute Gasteiger partial charge is 0.457 e. The van der Waals surface area contributed by atoms with Crippen molar-refractivity contribution in [1.29, 1.82) is 5.26 Å². The lowest BCUT2D eigenvalue weighted by molar-refractivity contribution is 0.436. The molecule has 1 aliphatic heterocycles. The van der Waals surface area contributed by atoms with Crippen molar-refractivity contribution in [1.82, 2.24) is 0 Å². The minimum absolute atomic E-state index is 0.482. The van der Waals surface area contributed by atoms with E-state index in [-0.39, 0.29) is 0 Å². The highest BCUT2D eigenvalue weighted by Gasteiger charge is 2.50. The molecule has 0 radical (unpaired) electrons. The van der Waals surface area contributed by atoms with Gasteiger partial charge in [-0.1, -0.05) is 66.7 Å². The van der Waals surface area contributed by atoms with Gasteiger partial charge in [0.15, 0.2) is 0 Å². The minimum atomic E-state index is -0.482. The van der Waals surface area contributed by atoms with Crippen LogP contribution >= 0.6 is 0 Å². The fourth-order valence-corrected chi connectivity index (χ4v) is 4.93. The monoisotopic (exact) mass is 357 g/mol. The number of benzene rings is 4. The third-order valence-corrected chi connectivity index (χ3v) is 5.98. The number of ether oxygens (including phenoxy) is 1. The zero-order chi connectivity index (χ0) is 18.7. The Labute approximate surface area is 163 Å². The number of fused-ring (bicyclic) bond motifs is 9. The van der Waals surface area contributed by atoms with Gasteiger partial charge in [0.25, 0.3) is 0 Å². The van der Waals surface area contributed by atoms with Gasteiger partial charge in [0, 0.05) is 11.1 Å². The lowest BCUT2D eigenvalue weighted by atomic mass is 9.66. The molecule has 0 bridgehead atoms. The molecule has 2 aliphatic rings. The lowest BCUT2D eigenvalue weighted by Crippen LogP contribution is -2.32. The molecule has 0 unspecified atom stereocenters. The molecule has 1 heterocycles. The van der Waals surface area contributed by atoms with E-state index in [0.717, 1.165) is 22.6 Å². The molecule has 0 atom stereocenters. The summed E-state index contributed by atoms with van der Waals surface area (Å²) in [6.45, 7) is 0. The number of rotatable bonds is 0. The number of para-hydroxylation sites is 1. The second-order valence-electron chi connectivity index (χ2n) is 7.26. The van der Waals surface area contributed by atoms with Gasteiger partial charge < -0.3 is 4.74 Å². The van der Waals surface area contributed by atoms with E-state index in [1.54, 1.807) is 0 Å². The van der Waals surface area contributed by atoms with Crippen molar-refractivity contribution < 1.29 is 4.74 Å². The molecule has 6 rings (SSSR count). The Morgan fingerprint density at radius 3 is 1.86 bits per heavy atom. The summed E-state index contributed by atoms with van der Waals surface area (Å²) in [7, 11) is 0. The van der Waals surface area contributed by atoms with E-state index in [0.29, 0.717) is 5.56 Å². The Morgan fingerprint density at radius 2 is 1.18 bits per heavy atom. The maximum absolute atomic E-state index is 9.57. The highest BCUT2D eigenvalue weighted by atomic mass is 16.5. The molecule has 0 N–H and O–H groups in total. The predicted octanol–water partition coefficient (Wildman–Crippen LogP) is 6.03. The molecule has 2 heteroatoms. The van der Waals surface area contributed by atoms with Gasteiger partial charge in [-0.05, 0) is 46.5 Å². The molecule has 130 valence electrons. The summed E-state index contributed by atoms with van der Waals surface area (Å²) >= 11 is 0. The van der Waals surface area contributed by atoms with Crippen molar-refractivity contribution in [2.45, 2.75) is 5.41 Å². The van der Waals surface area contributed by atoms with Crippen LogP contribution in [0.3, 0.4) is 0 Å². The Hall–Kier alpha value is -3.83. The molecule has 1 aliphatic carbocycles. The number of nitriles is 1. The highest BCUT2D eigenvalue weighted by molar-refractivity contribution is 5.88. The summed E-state index contributed by atoms with van der Waals surface area (Å²) < 4.78 is 6.28. The third kappa shape index (κ3) is 1.71. The van der Waals surface area contributed by atoms with Crippen molar-refractivity contribution in [2.24, 2.45) is 0 Å². The standard InChI is InChI=1S/C26H15NO/c27-16-17-13-14-25-23(15-17)26(22-11-5-6-12-24(22)28-25)20-9-3-1-7-18(20)19-8-2-4-10-21(19)26/h1-15H. The molecule has 0 fully saturated rings. The summed E-state index contributed by atoms with van der Waals surface area (Å²) in [4.78, 5) is 0. The second-order valence-corrected chi connectivity index (χ2v) is 7.26. The molecule has 0 saturated heterocycles. The quantitative estimate of drug-likeness (QED) is 0.333. The number of hydrogen-bond acceptors (Lipinski definition) is 2. The van der Waals surface area contributed by atoms with Crippen molar-refractivity contribution >= 4 is 0 Å². The first-order chi connectivity index (χ1) is 13.8. The van der Waals surface area contributed by atoms with Gasteiger partial charge in [-0.3, -0.25) is 0 Å². The van der Waals surface area contributed by atoms with Crippen molar-refractivity contribution in [3.05, 3.63) is 119 Å². The third-order valence-electron chi connectivity index (χ3n) is 5.98. The van der Waals surface area contributed by atoms with Crippen LogP contribution in [0.2, 0.25) is 0 Å². The first-order valence-corrected chi connectivity index (χ1v) is 9.35. The van der Waals surface area contributed by atoms with E-state index in [2.05, 4.69) is 66.7 Å². The fourth-order valence-electron chi connectivity index (χ4n) is 4.93. The van der Waals surface area contributed by atoms with Crippen molar-refractivity contribution in [3.8, 4) is 28.7 Å². The Bertz CT molecular complexity index is 1270. The molecular formula is C26H15NO. The van der Waals surface area contributed by atoms with E-state index < -0.39 is 5.41 Å². The summed E-state index contributed by atoms with van der Waals surface area (Å²) in [5.74, 6) is 1.68. The number of hydrogen-bond donors (Lipinski definition) is 0. The highest BCUT2D eigenvalue weighted by Crippen LogP contribution is 2.61. The van der Waals surface area contributed by atoms with Crippen molar-refractivity contribution in [3.63, 3.8) is 0 Å². The zero-order valence-electron chi connectivity index (χ0n) is 15.0. The molecule has 1 spiro atoms. The van der Waals surface area contributed by atoms with Gasteiger partial charge in [-0.15, -0.1) is 0 Å². The van der Waals surface area contributed by atoms with E-state index >= 15 is 0 Å². The minimum Gasteiger partial charge on any atom is -0.457 e. The summed E-state index contributed by atoms with van der Waals surface area (Å²) in [6, 6.07) is 33.5. The van der Waals surface area contributed by atoms with Crippen molar-refractivity contribution in [2.75, 3.05) is 0 Å². The Morgan fingerprint density at radius 1 is 0.607 bits per heavy atom. The van der Waals surface area contributed by atoms with Gasteiger partial charge in [-0.25, -0.2) is 0 Å². The Kier molecular flexibility index (Phi) is 2.91. The van der Waals surface area contributed by atoms with Crippen LogP contribution in [-0.4, -0.2) is 0 Å². The van der Waals surface area contributed by atoms with E-state index in [1.807, 2.05) is 30.3 Å². The molecule has 0 saturated carbocycles. The van der Waals surface area contributed by atoms with Gasteiger partial charge in [0.1, 0.15) is 11.5 Å². The van der Waals surface area contributed by atoms with Crippen LogP contribution in [0.4, 0.5) is 0 Å². The fraction of sp³-hybridized carbons (Fsp3) is 0.0385. The molecule has 0 amide bonds. The maximum Gasteiger partial charge on any atom is 0.132 e. The summed E-state index contributed by atoms with van der Waals surface area (Å²) in [5, 5.41) is 9.57. The van der Waals surface area contributed by atoms with Gasteiger partial charge in [0.05, 0.1) is 17.0 Å². The van der Waals surface area contributed by atoms with Crippen LogP contribution < -0.4 is 4.74 Å². The molecule has 4 aromatic carbocycles. The smallest absolute Gasteiger partial charge is 0.132 e. The van der Waals surface area contributed by atoms with Crippen LogP contribution in [-0.2, 0) is 5.41 Å². The van der Waals surface area contributed by atoms with Crippen LogP contribution in [0.5, 0.6) is 11.5 Å². The van der Waals surface area contributed by atoms with E-state index in [9.17, 15) is 5.26 Å². The number of nitrogens with zero attached hydrogens (tertiary/aromatic N) is 1. The first kappa shape index (κ1) is 15.2. The second kappa shape index (κ2) is 5.34. The average molecular weight is 357 g/mol. The average Bonchev–Trinajstić information content (AvgIpc) is 3.05. The predicted molar refractivity (Wildman–Crippen MR) is 109 cm³/mol. The topological polar surface area (TPSA) is 33.0 Å². The SMILES string of the molecule is N#Cc1ccc2c(c1)C1(c3ccccc3O2)c2ccccc2-c2ccccc21. The molecule has 2 nitrogen and oxygen atoms in total.